The van der Waals surface area contributed by atoms with Crippen LogP contribution in [-0.4, -0.2) is 34.2 Å². The van der Waals surface area contributed by atoms with Crippen molar-refractivity contribution < 1.29 is 5.21 Å². The Morgan fingerprint density at radius 2 is 1.94 bits per heavy atom. The zero-order valence-electron chi connectivity index (χ0n) is 16.9. The van der Waals surface area contributed by atoms with Crippen LogP contribution in [0, 0.1) is 0 Å². The molecule has 1 aliphatic carbocycles. The van der Waals surface area contributed by atoms with E-state index in [0.29, 0.717) is 62.3 Å². The van der Waals surface area contributed by atoms with E-state index in [-0.39, 0.29) is 11.3 Å². The van der Waals surface area contributed by atoms with Gasteiger partial charge in [0.1, 0.15) is 0 Å². The molecule has 1 aliphatic rings. The predicted molar refractivity (Wildman–Crippen MR) is 132 cm³/mol. The van der Waals surface area contributed by atoms with Gasteiger partial charge in [-0.05, 0) is 73.1 Å². The quantitative estimate of drug-likeness (QED) is 0.326. The van der Waals surface area contributed by atoms with Crippen molar-refractivity contribution in [2.75, 3.05) is 18.6 Å². The number of nitrogens with zero attached hydrogens (tertiary/aromatic N) is 2. The number of hydrogen-bond acceptors (Lipinski definition) is 4. The molecule has 1 N–H and O–H groups in total. The Bertz CT molecular complexity index is 1240. The van der Waals surface area contributed by atoms with Gasteiger partial charge in [-0.1, -0.05) is 40.9 Å². The molecule has 2 aromatic carbocycles. The summed E-state index contributed by atoms with van der Waals surface area (Å²) in [4.78, 5) is 18.2. The molecule has 4 nitrogen and oxygen atoms in total. The van der Waals surface area contributed by atoms with Crippen molar-refractivity contribution in [3.63, 3.8) is 0 Å². The first-order chi connectivity index (χ1) is 14.9. The molecule has 1 heterocycles. The Balaban J connectivity index is 1.87. The smallest absolute Gasteiger partial charge is 0.199 e. The molecule has 0 amide bonds. The number of aliphatic imine (C=N–C) groups is 1. The summed E-state index contributed by atoms with van der Waals surface area (Å²) in [6.45, 7) is 0.627. The minimum absolute atomic E-state index is 0.0177. The molecule has 0 bridgehead atoms. The lowest BCUT2D eigenvalue weighted by Gasteiger charge is -2.28. The van der Waals surface area contributed by atoms with Crippen LogP contribution in [-0.2, 0) is 6.42 Å². The second kappa shape index (κ2) is 9.45. The van der Waals surface area contributed by atoms with E-state index < -0.39 is 0 Å². The Hall–Kier alpha value is -1.66. The lowest BCUT2D eigenvalue weighted by atomic mass is 9.80. The van der Waals surface area contributed by atoms with Crippen LogP contribution in [0.5, 0.6) is 0 Å². The summed E-state index contributed by atoms with van der Waals surface area (Å²) in [7, 11) is 0. The van der Waals surface area contributed by atoms with Gasteiger partial charge in [0.15, 0.2) is 5.43 Å². The first kappa shape index (κ1) is 22.5. The van der Waals surface area contributed by atoms with Crippen molar-refractivity contribution >= 4 is 63.2 Å². The number of benzene rings is 2. The molecule has 31 heavy (non-hydrogen) atoms. The summed E-state index contributed by atoms with van der Waals surface area (Å²) in [5.74, 6) is 1.02. The molecule has 0 saturated heterocycles. The molecule has 3 aromatic rings. The summed E-state index contributed by atoms with van der Waals surface area (Å²) < 4.78 is 1.11. The van der Waals surface area contributed by atoms with E-state index >= 15 is 0 Å². The van der Waals surface area contributed by atoms with Gasteiger partial charge in [0, 0.05) is 17.3 Å². The minimum Gasteiger partial charge on any atom is -0.428 e. The molecule has 162 valence electrons. The van der Waals surface area contributed by atoms with Crippen LogP contribution in [0.25, 0.3) is 10.9 Å². The highest BCUT2D eigenvalue weighted by atomic mass is 35.5. The lowest BCUT2D eigenvalue weighted by Crippen LogP contribution is -2.31. The van der Waals surface area contributed by atoms with Crippen molar-refractivity contribution in [2.45, 2.75) is 25.2 Å². The lowest BCUT2D eigenvalue weighted by molar-refractivity contribution is 0.186. The topological polar surface area (TPSA) is 54.6 Å². The Morgan fingerprint density at radius 3 is 2.68 bits per heavy atom. The van der Waals surface area contributed by atoms with Crippen LogP contribution in [0.2, 0.25) is 15.1 Å². The van der Waals surface area contributed by atoms with Gasteiger partial charge in [0.2, 0.25) is 0 Å². The molecule has 1 aromatic heterocycles. The van der Waals surface area contributed by atoms with Crippen LogP contribution in [0.4, 0.5) is 0 Å². The van der Waals surface area contributed by atoms with Crippen LogP contribution in [0.15, 0.2) is 46.2 Å². The number of halogens is 3. The number of rotatable bonds is 5. The molecule has 0 fully saturated rings. The molecule has 8 heteroatoms. The summed E-state index contributed by atoms with van der Waals surface area (Å²) in [5, 5.41) is 12.8. The fraction of sp³-hybridized carbons (Fsp3) is 0.304. The van der Waals surface area contributed by atoms with Gasteiger partial charge in [0.05, 0.1) is 32.2 Å². The highest BCUT2D eigenvalue weighted by Gasteiger charge is 2.31. The van der Waals surface area contributed by atoms with Crippen LogP contribution in [0.1, 0.15) is 35.6 Å². The number of hydrogen-bond donors (Lipinski definition) is 1. The van der Waals surface area contributed by atoms with E-state index in [4.69, 9.17) is 39.8 Å². The molecule has 0 aliphatic heterocycles. The van der Waals surface area contributed by atoms with Gasteiger partial charge in [-0.25, -0.2) is 0 Å². The summed E-state index contributed by atoms with van der Waals surface area (Å²) in [6, 6.07) is 10.5. The van der Waals surface area contributed by atoms with Gasteiger partial charge < -0.3 is 5.21 Å². The van der Waals surface area contributed by atoms with Gasteiger partial charge in [-0.15, -0.1) is 0 Å². The molecule has 4 rings (SSSR count). The molecule has 1 unspecified atom stereocenters. The number of aromatic nitrogens is 1. The van der Waals surface area contributed by atoms with E-state index in [1.807, 2.05) is 12.1 Å². The zero-order valence-corrected chi connectivity index (χ0v) is 20.0. The third-order valence-electron chi connectivity index (χ3n) is 5.60. The van der Waals surface area contributed by atoms with Gasteiger partial charge in [0.25, 0.3) is 0 Å². The molecule has 1 atom stereocenters. The van der Waals surface area contributed by atoms with Crippen molar-refractivity contribution in [1.82, 2.24) is 4.73 Å². The summed E-state index contributed by atoms with van der Waals surface area (Å²) in [5.41, 5.74) is 3.05. The van der Waals surface area contributed by atoms with Crippen LogP contribution < -0.4 is 5.43 Å². The van der Waals surface area contributed by atoms with Crippen LogP contribution >= 0.6 is 46.6 Å². The standard InChI is InChI=1S/C23H21Cl3N2O2S/c1-31-8-2-7-27-19-10-14(13-3-5-17(25)18(26)9-13)11-21-22(19)23(29)16-12-15(24)4-6-20(16)28(21)30/h3-6,9,12,14,30H,2,7-8,10-11H2,1H3. The normalized spacial score (nSPS) is 17.3. The Morgan fingerprint density at radius 1 is 1.13 bits per heavy atom. The maximum atomic E-state index is 13.4. The first-order valence-electron chi connectivity index (χ1n) is 9.94. The van der Waals surface area contributed by atoms with Crippen molar-refractivity contribution in [1.29, 1.82) is 0 Å². The largest absolute Gasteiger partial charge is 0.428 e. The van der Waals surface area contributed by atoms with E-state index in [1.165, 1.54) is 0 Å². The van der Waals surface area contributed by atoms with E-state index in [2.05, 4.69) is 6.26 Å². The monoisotopic (exact) mass is 494 g/mol. The highest BCUT2D eigenvalue weighted by molar-refractivity contribution is 7.98. The molecular formula is C23H21Cl3N2O2S. The van der Waals surface area contributed by atoms with Crippen molar-refractivity contribution in [3.05, 3.63) is 78.5 Å². The number of thioether (sulfide) groups is 1. The Labute approximate surface area is 199 Å². The van der Waals surface area contributed by atoms with Crippen LogP contribution in [0.3, 0.4) is 0 Å². The number of pyridine rings is 1. The van der Waals surface area contributed by atoms with Gasteiger partial charge >= 0.3 is 0 Å². The van der Waals surface area contributed by atoms with E-state index in [9.17, 15) is 10.0 Å². The second-order valence-electron chi connectivity index (χ2n) is 7.58. The second-order valence-corrected chi connectivity index (χ2v) is 9.81. The maximum absolute atomic E-state index is 13.4. The molecule has 0 radical (unpaired) electrons. The van der Waals surface area contributed by atoms with Crippen molar-refractivity contribution in [3.8, 4) is 0 Å². The van der Waals surface area contributed by atoms with E-state index in [0.717, 1.165) is 22.5 Å². The average Bonchev–Trinajstić information content (AvgIpc) is 2.76. The number of fused-ring (bicyclic) bond motifs is 2. The van der Waals surface area contributed by atoms with Gasteiger partial charge in [-0.2, -0.15) is 16.5 Å². The summed E-state index contributed by atoms with van der Waals surface area (Å²) in [6.07, 6.45) is 4.06. The van der Waals surface area contributed by atoms with Gasteiger partial charge in [-0.3, -0.25) is 9.79 Å². The Kier molecular flexibility index (Phi) is 6.87. The maximum Gasteiger partial charge on any atom is 0.199 e. The fourth-order valence-corrected chi connectivity index (χ4v) is 4.98. The zero-order chi connectivity index (χ0) is 22.1. The summed E-state index contributed by atoms with van der Waals surface area (Å²) >= 11 is 20.2. The van der Waals surface area contributed by atoms with Crippen molar-refractivity contribution in [2.24, 2.45) is 4.99 Å². The highest BCUT2D eigenvalue weighted by Crippen LogP contribution is 2.36. The predicted octanol–water partition coefficient (Wildman–Crippen LogP) is 6.47. The average molecular weight is 496 g/mol. The third-order valence-corrected chi connectivity index (χ3v) is 7.27. The minimum atomic E-state index is -0.144. The molecular weight excluding hydrogens is 475 g/mol. The third kappa shape index (κ3) is 4.47. The molecule has 0 saturated carbocycles. The SMILES string of the molecule is CSCCCN=C1CC(c2ccc(Cl)c(Cl)c2)Cc2c1c(=O)c1cc(Cl)ccc1n2O. The van der Waals surface area contributed by atoms with E-state index in [1.54, 1.807) is 36.0 Å². The first-order valence-corrected chi connectivity index (χ1v) is 12.5. The fourth-order valence-electron chi connectivity index (χ4n) is 4.09. The molecule has 0 spiro atoms.